The molecule has 0 N–H and O–H groups in total. The summed E-state index contributed by atoms with van der Waals surface area (Å²) in [5, 5.41) is 0. The summed E-state index contributed by atoms with van der Waals surface area (Å²) in [4.78, 5) is 2.56. The van der Waals surface area contributed by atoms with Gasteiger partial charge in [-0.3, -0.25) is 4.90 Å². The van der Waals surface area contributed by atoms with Crippen LogP contribution in [0.2, 0.25) is 0 Å². The largest absolute Gasteiger partial charge is 0.496 e. The zero-order chi connectivity index (χ0) is 14.4. The van der Waals surface area contributed by atoms with Gasteiger partial charge in [0, 0.05) is 23.9 Å². The van der Waals surface area contributed by atoms with Gasteiger partial charge >= 0.3 is 0 Å². The van der Waals surface area contributed by atoms with E-state index in [0.717, 1.165) is 37.6 Å². The average molecular weight is 295 g/mol. The number of ether oxygens (including phenoxy) is 2. The molecule has 0 bridgehead atoms. The third kappa shape index (κ3) is 3.61. The van der Waals surface area contributed by atoms with Gasteiger partial charge < -0.3 is 9.47 Å². The molecule has 1 atom stereocenters. The van der Waals surface area contributed by atoms with Crippen LogP contribution in [0.15, 0.2) is 18.2 Å². The van der Waals surface area contributed by atoms with Crippen molar-refractivity contribution < 1.29 is 9.47 Å². The number of methoxy groups -OCH3 is 1. The predicted molar refractivity (Wildman–Crippen MR) is 86.2 cm³/mol. The molecular formula is C16H25NO2S. The molecule has 0 saturated carbocycles. The van der Waals surface area contributed by atoms with Crippen molar-refractivity contribution in [2.45, 2.75) is 25.8 Å². The molecule has 4 heteroatoms. The van der Waals surface area contributed by atoms with E-state index in [-0.39, 0.29) is 0 Å². The van der Waals surface area contributed by atoms with Gasteiger partial charge in [-0.05, 0) is 37.8 Å². The Bertz CT molecular complexity index is 411. The van der Waals surface area contributed by atoms with Gasteiger partial charge in [0.25, 0.3) is 0 Å². The fraction of sp³-hybridized carbons (Fsp3) is 0.625. The lowest BCUT2D eigenvalue weighted by molar-refractivity contribution is 0.124. The Morgan fingerprint density at radius 1 is 1.40 bits per heavy atom. The smallest absolute Gasteiger partial charge is 0.126 e. The van der Waals surface area contributed by atoms with E-state index < -0.39 is 0 Å². The molecule has 0 aliphatic carbocycles. The van der Waals surface area contributed by atoms with Crippen LogP contribution in [0.3, 0.4) is 0 Å². The highest BCUT2D eigenvalue weighted by Gasteiger charge is 2.26. The van der Waals surface area contributed by atoms with Gasteiger partial charge in [-0.15, -0.1) is 0 Å². The second kappa shape index (κ2) is 7.79. The minimum absolute atomic E-state index is 0.464. The summed E-state index contributed by atoms with van der Waals surface area (Å²) >= 11 is 1.91. The van der Waals surface area contributed by atoms with Crippen LogP contribution in [0.5, 0.6) is 11.5 Å². The van der Waals surface area contributed by atoms with Crippen molar-refractivity contribution in [1.29, 1.82) is 0 Å². The van der Waals surface area contributed by atoms with Gasteiger partial charge in [0.2, 0.25) is 0 Å². The van der Waals surface area contributed by atoms with Gasteiger partial charge in [-0.25, -0.2) is 0 Å². The molecule has 1 aliphatic rings. The molecule has 3 nitrogen and oxygen atoms in total. The molecule has 2 rings (SSSR count). The summed E-state index contributed by atoms with van der Waals surface area (Å²) in [5.41, 5.74) is 1.22. The second-order valence-electron chi connectivity index (χ2n) is 5.13. The fourth-order valence-electron chi connectivity index (χ4n) is 2.76. The third-order valence-electron chi connectivity index (χ3n) is 3.79. The van der Waals surface area contributed by atoms with E-state index in [0.29, 0.717) is 6.04 Å². The average Bonchev–Trinajstić information content (AvgIpc) is 2.50. The number of rotatable bonds is 7. The van der Waals surface area contributed by atoms with Crippen LogP contribution in [0.1, 0.15) is 18.9 Å². The molecule has 0 spiro atoms. The summed E-state index contributed by atoms with van der Waals surface area (Å²) in [7, 11) is 1.73. The highest BCUT2D eigenvalue weighted by molar-refractivity contribution is 7.98. The maximum Gasteiger partial charge on any atom is 0.126 e. The van der Waals surface area contributed by atoms with Crippen molar-refractivity contribution >= 4 is 11.8 Å². The van der Waals surface area contributed by atoms with E-state index in [1.807, 2.05) is 30.0 Å². The van der Waals surface area contributed by atoms with Crippen LogP contribution in [-0.4, -0.2) is 49.8 Å². The Kier molecular flexibility index (Phi) is 6.05. The summed E-state index contributed by atoms with van der Waals surface area (Å²) in [6.45, 7) is 5.30. The summed E-state index contributed by atoms with van der Waals surface area (Å²) in [5.74, 6) is 3.12. The zero-order valence-electron chi connectivity index (χ0n) is 12.7. The van der Waals surface area contributed by atoms with E-state index >= 15 is 0 Å². The van der Waals surface area contributed by atoms with Crippen LogP contribution >= 0.6 is 11.8 Å². The van der Waals surface area contributed by atoms with Gasteiger partial charge in [-0.2, -0.15) is 11.8 Å². The molecule has 20 heavy (non-hydrogen) atoms. The highest BCUT2D eigenvalue weighted by Crippen LogP contribution is 2.33. The van der Waals surface area contributed by atoms with Gasteiger partial charge in [0.05, 0.1) is 7.11 Å². The SMILES string of the molecule is CCCN(CCSC)C1COc2cccc(OC)c2C1. The molecule has 1 aliphatic heterocycles. The Hall–Kier alpha value is -0.870. The van der Waals surface area contributed by atoms with Crippen LogP contribution in [0.25, 0.3) is 0 Å². The van der Waals surface area contributed by atoms with Crippen LogP contribution in [0.4, 0.5) is 0 Å². The van der Waals surface area contributed by atoms with E-state index in [1.54, 1.807) is 7.11 Å². The number of hydrogen-bond donors (Lipinski definition) is 0. The van der Waals surface area contributed by atoms with Crippen LogP contribution in [-0.2, 0) is 6.42 Å². The number of hydrogen-bond acceptors (Lipinski definition) is 4. The Morgan fingerprint density at radius 2 is 2.25 bits per heavy atom. The van der Waals surface area contributed by atoms with E-state index in [4.69, 9.17) is 9.47 Å². The Morgan fingerprint density at radius 3 is 2.95 bits per heavy atom. The maximum atomic E-state index is 5.96. The fourth-order valence-corrected chi connectivity index (χ4v) is 3.18. The monoisotopic (exact) mass is 295 g/mol. The molecule has 0 amide bonds. The zero-order valence-corrected chi connectivity index (χ0v) is 13.5. The summed E-state index contributed by atoms with van der Waals surface area (Å²) in [6.07, 6.45) is 4.37. The number of fused-ring (bicyclic) bond motifs is 1. The molecule has 0 radical (unpaired) electrons. The van der Waals surface area contributed by atoms with Crippen molar-refractivity contribution in [3.05, 3.63) is 23.8 Å². The first-order chi connectivity index (χ1) is 9.80. The summed E-state index contributed by atoms with van der Waals surface area (Å²) < 4.78 is 11.4. The van der Waals surface area contributed by atoms with Crippen molar-refractivity contribution in [3.63, 3.8) is 0 Å². The lowest BCUT2D eigenvalue weighted by atomic mass is 10.00. The van der Waals surface area contributed by atoms with Gasteiger partial charge in [-0.1, -0.05) is 13.0 Å². The number of thioether (sulfide) groups is 1. The first-order valence-electron chi connectivity index (χ1n) is 7.31. The molecular weight excluding hydrogens is 270 g/mol. The van der Waals surface area contributed by atoms with Gasteiger partial charge in [0.1, 0.15) is 18.1 Å². The molecule has 1 aromatic carbocycles. The third-order valence-corrected chi connectivity index (χ3v) is 4.38. The molecule has 0 saturated heterocycles. The Labute approximate surface area is 126 Å². The predicted octanol–water partition coefficient (Wildman–Crippen LogP) is 3.07. The van der Waals surface area contributed by atoms with Gasteiger partial charge in [0.15, 0.2) is 0 Å². The van der Waals surface area contributed by atoms with E-state index in [9.17, 15) is 0 Å². The molecule has 1 heterocycles. The van der Waals surface area contributed by atoms with E-state index in [1.165, 1.54) is 17.7 Å². The first kappa shape index (κ1) is 15.5. The minimum atomic E-state index is 0.464. The first-order valence-corrected chi connectivity index (χ1v) is 8.71. The lowest BCUT2D eigenvalue weighted by Gasteiger charge is -2.35. The van der Waals surface area contributed by atoms with Crippen LogP contribution in [0, 0.1) is 0 Å². The highest BCUT2D eigenvalue weighted by atomic mass is 32.2. The van der Waals surface area contributed by atoms with E-state index in [2.05, 4.69) is 18.1 Å². The maximum absolute atomic E-state index is 5.96. The molecule has 0 aromatic heterocycles. The van der Waals surface area contributed by atoms with Crippen molar-refractivity contribution in [3.8, 4) is 11.5 Å². The lowest BCUT2D eigenvalue weighted by Crippen LogP contribution is -2.44. The Balaban J connectivity index is 2.11. The van der Waals surface area contributed by atoms with Crippen molar-refractivity contribution in [2.75, 3.05) is 38.8 Å². The topological polar surface area (TPSA) is 21.7 Å². The molecule has 0 fully saturated rings. The quantitative estimate of drug-likeness (QED) is 0.770. The summed E-state index contributed by atoms with van der Waals surface area (Å²) in [6, 6.07) is 6.53. The minimum Gasteiger partial charge on any atom is -0.496 e. The normalized spacial score (nSPS) is 17.7. The molecule has 112 valence electrons. The van der Waals surface area contributed by atoms with Crippen molar-refractivity contribution in [2.24, 2.45) is 0 Å². The van der Waals surface area contributed by atoms with Crippen molar-refractivity contribution in [1.82, 2.24) is 4.90 Å². The molecule has 1 unspecified atom stereocenters. The standard InChI is InChI=1S/C16H25NO2S/c1-4-8-17(9-10-20-3)13-11-14-15(18-2)6-5-7-16(14)19-12-13/h5-7,13H,4,8-12H2,1-3H3. The number of benzene rings is 1. The molecule has 1 aromatic rings. The number of nitrogens with zero attached hydrogens (tertiary/aromatic N) is 1. The second-order valence-corrected chi connectivity index (χ2v) is 6.12. The van der Waals surface area contributed by atoms with Crippen LogP contribution < -0.4 is 9.47 Å².